The summed E-state index contributed by atoms with van der Waals surface area (Å²) in [6.45, 7) is 10.4. The lowest BCUT2D eigenvalue weighted by Gasteiger charge is -2.21. The van der Waals surface area contributed by atoms with Crippen LogP contribution in [0.5, 0.6) is 5.75 Å². The number of thiazole rings is 1. The maximum Gasteiger partial charge on any atom is 0.308 e. The minimum Gasteiger partial charge on any atom is -0.496 e. The number of hydrogen-bond donors (Lipinski definition) is 1. The Morgan fingerprint density at radius 1 is 1.13 bits per heavy atom. The first-order chi connectivity index (χ1) is 14.1. The fourth-order valence-corrected chi connectivity index (χ4v) is 6.01. The third-order valence-electron chi connectivity index (χ3n) is 5.31. The number of methoxy groups -OCH3 is 1. The van der Waals surface area contributed by atoms with Crippen LogP contribution in [0.2, 0.25) is 0 Å². The lowest BCUT2D eigenvalue weighted by molar-refractivity contribution is 0.406. The number of nitrogens with zero attached hydrogens (tertiary/aromatic N) is 1. The van der Waals surface area contributed by atoms with E-state index in [9.17, 15) is 13.2 Å². The molecule has 1 atom stereocenters. The molecular formula is C22H28N2O4S2. The van der Waals surface area contributed by atoms with Crippen LogP contribution in [0.1, 0.15) is 56.3 Å². The van der Waals surface area contributed by atoms with Crippen LogP contribution in [-0.4, -0.2) is 20.1 Å². The van der Waals surface area contributed by atoms with Crippen molar-refractivity contribution in [3.8, 4) is 5.75 Å². The van der Waals surface area contributed by atoms with E-state index in [1.807, 2.05) is 32.9 Å². The van der Waals surface area contributed by atoms with Gasteiger partial charge in [-0.2, -0.15) is 0 Å². The van der Waals surface area contributed by atoms with Crippen molar-refractivity contribution in [2.45, 2.75) is 58.0 Å². The molecule has 0 aliphatic rings. The summed E-state index contributed by atoms with van der Waals surface area (Å²) in [6.07, 6.45) is 0. The van der Waals surface area contributed by atoms with E-state index in [1.165, 1.54) is 0 Å². The van der Waals surface area contributed by atoms with Gasteiger partial charge in [0.25, 0.3) is 0 Å². The summed E-state index contributed by atoms with van der Waals surface area (Å²) in [7, 11) is -2.12. The third kappa shape index (κ3) is 4.17. The number of benzene rings is 2. The molecule has 1 unspecified atom stereocenters. The van der Waals surface area contributed by atoms with Crippen LogP contribution in [0.3, 0.4) is 0 Å². The highest BCUT2D eigenvalue weighted by Crippen LogP contribution is 2.32. The largest absolute Gasteiger partial charge is 0.496 e. The highest BCUT2D eigenvalue weighted by atomic mass is 32.2. The van der Waals surface area contributed by atoms with Crippen LogP contribution in [0.25, 0.3) is 10.2 Å². The molecule has 0 spiro atoms. The van der Waals surface area contributed by atoms with Crippen LogP contribution < -0.4 is 14.3 Å². The molecule has 3 rings (SSSR count). The maximum atomic E-state index is 13.1. The fourth-order valence-electron chi connectivity index (χ4n) is 3.69. The van der Waals surface area contributed by atoms with Gasteiger partial charge in [-0.3, -0.25) is 9.36 Å². The Morgan fingerprint density at radius 2 is 1.83 bits per heavy atom. The minimum atomic E-state index is -3.76. The highest BCUT2D eigenvalue weighted by molar-refractivity contribution is 7.89. The summed E-state index contributed by atoms with van der Waals surface area (Å²) < 4.78 is 36.7. The first kappa shape index (κ1) is 22.5. The molecule has 162 valence electrons. The molecule has 0 aliphatic heterocycles. The summed E-state index contributed by atoms with van der Waals surface area (Å²) in [5.74, 6) is 1.05. The standard InChI is InChI=1S/C22H28N2O4S2/c1-7-24-19-9-8-16(11-21(19)29-22(24)25)30(26,27)23-15(5)18-12-17(13(2)3)20(28-6)10-14(18)4/h8-13,15,23H,7H2,1-6H3. The fraction of sp³-hybridized carbons (Fsp3) is 0.409. The van der Waals surface area contributed by atoms with Crippen LogP contribution in [0.4, 0.5) is 0 Å². The molecule has 2 aromatic carbocycles. The Hall–Kier alpha value is -2.16. The van der Waals surface area contributed by atoms with Gasteiger partial charge in [0.2, 0.25) is 10.0 Å². The molecule has 3 aromatic rings. The number of fused-ring (bicyclic) bond motifs is 1. The molecule has 0 saturated carbocycles. The van der Waals surface area contributed by atoms with Gasteiger partial charge in [-0.1, -0.05) is 25.2 Å². The van der Waals surface area contributed by atoms with Crippen LogP contribution in [0.15, 0.2) is 40.0 Å². The van der Waals surface area contributed by atoms with Crippen molar-refractivity contribution in [1.82, 2.24) is 9.29 Å². The molecular weight excluding hydrogens is 420 g/mol. The van der Waals surface area contributed by atoms with Gasteiger partial charge in [0.05, 0.1) is 22.2 Å². The third-order valence-corrected chi connectivity index (χ3v) is 7.79. The van der Waals surface area contributed by atoms with Crippen molar-refractivity contribution in [1.29, 1.82) is 0 Å². The summed E-state index contributed by atoms with van der Waals surface area (Å²) in [4.78, 5) is 12.1. The van der Waals surface area contributed by atoms with Crippen molar-refractivity contribution >= 4 is 31.6 Å². The van der Waals surface area contributed by atoms with Gasteiger partial charge >= 0.3 is 4.87 Å². The van der Waals surface area contributed by atoms with E-state index in [4.69, 9.17) is 4.74 Å². The first-order valence-electron chi connectivity index (χ1n) is 9.93. The first-order valence-corrected chi connectivity index (χ1v) is 12.2. The van der Waals surface area contributed by atoms with Crippen LogP contribution in [0, 0.1) is 6.92 Å². The molecule has 1 aromatic heterocycles. The van der Waals surface area contributed by atoms with E-state index in [-0.39, 0.29) is 15.7 Å². The molecule has 8 heteroatoms. The molecule has 6 nitrogen and oxygen atoms in total. The predicted octanol–water partition coefficient (Wildman–Crippen LogP) is 4.56. The molecule has 0 radical (unpaired) electrons. The van der Waals surface area contributed by atoms with Crippen molar-refractivity contribution in [2.24, 2.45) is 0 Å². The molecule has 0 amide bonds. The summed E-state index contributed by atoms with van der Waals surface area (Å²) in [6, 6.07) is 8.37. The second-order valence-corrected chi connectivity index (χ2v) is 10.4. The number of aromatic nitrogens is 1. The lowest BCUT2D eigenvalue weighted by Crippen LogP contribution is -2.27. The Morgan fingerprint density at radius 3 is 2.43 bits per heavy atom. The Kier molecular flexibility index (Phi) is 6.40. The summed E-state index contributed by atoms with van der Waals surface area (Å²) >= 11 is 1.06. The number of sulfonamides is 1. The zero-order chi connectivity index (χ0) is 22.2. The normalized spacial score (nSPS) is 13.2. The maximum absolute atomic E-state index is 13.1. The van der Waals surface area contributed by atoms with E-state index >= 15 is 0 Å². The van der Waals surface area contributed by atoms with E-state index < -0.39 is 16.1 Å². The predicted molar refractivity (Wildman–Crippen MR) is 122 cm³/mol. The van der Waals surface area contributed by atoms with E-state index in [0.717, 1.165) is 39.3 Å². The molecule has 0 bridgehead atoms. The molecule has 0 saturated heterocycles. The number of hydrogen-bond acceptors (Lipinski definition) is 5. The van der Waals surface area contributed by atoms with Crippen LogP contribution >= 0.6 is 11.3 Å². The Bertz CT molecular complexity index is 1240. The topological polar surface area (TPSA) is 77.4 Å². The lowest BCUT2D eigenvalue weighted by atomic mass is 9.94. The van der Waals surface area contributed by atoms with E-state index in [2.05, 4.69) is 18.6 Å². The molecule has 0 aliphatic carbocycles. The van der Waals surface area contributed by atoms with Gasteiger partial charge in [-0.15, -0.1) is 0 Å². The van der Waals surface area contributed by atoms with Gasteiger partial charge in [-0.05, 0) is 73.7 Å². The van der Waals surface area contributed by atoms with Gasteiger partial charge < -0.3 is 4.74 Å². The van der Waals surface area contributed by atoms with E-state index in [1.54, 1.807) is 29.9 Å². The summed E-state index contributed by atoms with van der Waals surface area (Å²) in [5.41, 5.74) is 3.66. The van der Waals surface area contributed by atoms with Gasteiger partial charge in [0.15, 0.2) is 0 Å². The van der Waals surface area contributed by atoms with Gasteiger partial charge in [0.1, 0.15) is 5.75 Å². The monoisotopic (exact) mass is 448 g/mol. The number of ether oxygens (including phenoxy) is 1. The summed E-state index contributed by atoms with van der Waals surface area (Å²) in [5, 5.41) is 0. The van der Waals surface area contributed by atoms with Crippen molar-refractivity contribution in [2.75, 3.05) is 7.11 Å². The molecule has 1 N–H and O–H groups in total. The minimum absolute atomic E-state index is 0.0848. The number of nitrogens with one attached hydrogen (secondary N) is 1. The van der Waals surface area contributed by atoms with E-state index in [0.29, 0.717) is 11.2 Å². The number of rotatable bonds is 7. The zero-order valence-electron chi connectivity index (χ0n) is 18.1. The van der Waals surface area contributed by atoms with Crippen LogP contribution in [-0.2, 0) is 16.6 Å². The number of aryl methyl sites for hydroxylation is 2. The highest BCUT2D eigenvalue weighted by Gasteiger charge is 2.22. The second-order valence-electron chi connectivity index (χ2n) is 7.69. The second kappa shape index (κ2) is 8.53. The molecule has 1 heterocycles. The average Bonchev–Trinajstić information content (AvgIpc) is 3.00. The Balaban J connectivity index is 1.96. The van der Waals surface area contributed by atoms with Gasteiger partial charge in [-0.25, -0.2) is 13.1 Å². The van der Waals surface area contributed by atoms with Gasteiger partial charge in [0, 0.05) is 12.6 Å². The molecule has 0 fully saturated rings. The average molecular weight is 449 g/mol. The smallest absolute Gasteiger partial charge is 0.308 e. The SMILES string of the molecule is CCn1c(=O)sc2cc(S(=O)(=O)NC(C)c3cc(C(C)C)c(OC)cc3C)ccc21. The zero-order valence-corrected chi connectivity index (χ0v) is 19.8. The van der Waals surface area contributed by atoms with Crippen molar-refractivity contribution < 1.29 is 13.2 Å². The Labute approximate surface area is 181 Å². The molecule has 30 heavy (non-hydrogen) atoms. The quantitative estimate of drug-likeness (QED) is 0.575. The van der Waals surface area contributed by atoms with Crippen molar-refractivity contribution in [3.63, 3.8) is 0 Å². The van der Waals surface area contributed by atoms with Crippen molar-refractivity contribution in [3.05, 3.63) is 56.7 Å².